The fraction of sp³-hybridized carbons (Fsp3) is 0.936. The predicted octanol–water partition coefficient (Wildman–Crippen LogP) is 14.4. The molecule has 0 aromatic heterocycles. The first-order chi connectivity index (χ1) is 23.2. The first-order valence-electron chi connectivity index (χ1n) is 22.1. The molecular formula is C47H82O2. The number of carbonyl (C=O) groups is 1. The van der Waals surface area contributed by atoms with Crippen molar-refractivity contribution in [2.45, 2.75) is 222 Å². The van der Waals surface area contributed by atoms with Crippen molar-refractivity contribution in [2.75, 3.05) is 0 Å². The number of unbranched alkanes of at least 4 members (excludes halogenated alkanes) is 13. The molecule has 5 rings (SSSR count). The van der Waals surface area contributed by atoms with Crippen molar-refractivity contribution in [3.63, 3.8) is 0 Å². The Balaban J connectivity index is 1.08. The standard InChI is InChI=1S/C47H82O2/c1-10-11-12-13-14-15-16-17-18-19-20-21-22-23-24-41(48)49-40-29-31-45(7)38(43(40,4)5)28-32-47(9)39(45)26-25-37-42-36(35(2)3)27-30-44(42,6)33-34-46(37,47)8/h36-40,42H,2,10-34H2,1,3-9H3. The van der Waals surface area contributed by atoms with Crippen molar-refractivity contribution < 1.29 is 9.53 Å². The lowest BCUT2D eigenvalue weighted by Gasteiger charge is -2.73. The van der Waals surface area contributed by atoms with E-state index < -0.39 is 0 Å². The summed E-state index contributed by atoms with van der Waals surface area (Å²) >= 11 is 0. The van der Waals surface area contributed by atoms with E-state index in [1.54, 1.807) is 0 Å². The molecule has 282 valence electrons. The lowest BCUT2D eigenvalue weighted by atomic mass is 9.32. The molecule has 49 heavy (non-hydrogen) atoms. The maximum absolute atomic E-state index is 13.2. The molecule has 0 bridgehead atoms. The van der Waals surface area contributed by atoms with E-state index in [4.69, 9.17) is 4.74 Å². The Kier molecular flexibility index (Phi) is 12.9. The minimum atomic E-state index is 0.0406. The zero-order valence-corrected chi connectivity index (χ0v) is 34.2. The van der Waals surface area contributed by atoms with Gasteiger partial charge in [0.15, 0.2) is 0 Å². The third kappa shape index (κ3) is 7.66. The van der Waals surface area contributed by atoms with E-state index >= 15 is 0 Å². The van der Waals surface area contributed by atoms with Crippen LogP contribution >= 0.6 is 0 Å². The van der Waals surface area contributed by atoms with E-state index in [9.17, 15) is 4.79 Å². The minimum absolute atomic E-state index is 0.0406. The number of carbonyl (C=O) groups excluding carboxylic acids is 1. The maximum atomic E-state index is 13.2. The van der Waals surface area contributed by atoms with Gasteiger partial charge in [0.05, 0.1) is 0 Å². The Labute approximate surface area is 305 Å². The molecule has 0 N–H and O–H groups in total. The van der Waals surface area contributed by atoms with Crippen LogP contribution in [0.5, 0.6) is 0 Å². The highest BCUT2D eigenvalue weighted by Gasteiger charge is 2.70. The third-order valence-electron chi connectivity index (χ3n) is 17.4. The van der Waals surface area contributed by atoms with Gasteiger partial charge in [-0.05, 0) is 129 Å². The van der Waals surface area contributed by atoms with Crippen LogP contribution in [0.15, 0.2) is 12.2 Å². The SMILES string of the molecule is C=C(C)C1CCC2(C)CCC3(C)C(CCC4C5(C)CCC(OC(=O)CCCCCCCCCCCCCCCC)C(C)(C)C5CCC43C)C12. The van der Waals surface area contributed by atoms with Crippen molar-refractivity contribution in [3.05, 3.63) is 12.2 Å². The molecule has 5 aliphatic rings. The molecule has 0 saturated heterocycles. The maximum Gasteiger partial charge on any atom is 0.306 e. The van der Waals surface area contributed by atoms with Crippen LogP contribution in [0, 0.1) is 56.7 Å². The fourth-order valence-electron chi connectivity index (χ4n) is 14.4. The fourth-order valence-corrected chi connectivity index (χ4v) is 14.4. The number of hydrogen-bond acceptors (Lipinski definition) is 2. The lowest BCUT2D eigenvalue weighted by Crippen LogP contribution is -2.66. The highest BCUT2D eigenvalue weighted by Crippen LogP contribution is 2.77. The van der Waals surface area contributed by atoms with Gasteiger partial charge in [-0.3, -0.25) is 4.79 Å². The van der Waals surface area contributed by atoms with E-state index in [-0.39, 0.29) is 17.5 Å². The molecule has 0 amide bonds. The lowest BCUT2D eigenvalue weighted by molar-refractivity contribution is -0.249. The summed E-state index contributed by atoms with van der Waals surface area (Å²) in [6.45, 7) is 25.0. The van der Waals surface area contributed by atoms with Gasteiger partial charge < -0.3 is 4.74 Å². The van der Waals surface area contributed by atoms with Gasteiger partial charge >= 0.3 is 5.97 Å². The molecule has 5 aliphatic carbocycles. The van der Waals surface area contributed by atoms with E-state index in [1.807, 2.05) is 0 Å². The molecule has 0 spiro atoms. The predicted molar refractivity (Wildman–Crippen MR) is 209 cm³/mol. The van der Waals surface area contributed by atoms with Crippen LogP contribution in [-0.4, -0.2) is 12.1 Å². The second-order valence-electron chi connectivity index (χ2n) is 20.5. The summed E-state index contributed by atoms with van der Waals surface area (Å²) in [7, 11) is 0. The average Bonchev–Trinajstić information content (AvgIpc) is 3.41. The molecule has 2 nitrogen and oxygen atoms in total. The van der Waals surface area contributed by atoms with E-state index in [1.165, 1.54) is 147 Å². The van der Waals surface area contributed by atoms with Crippen molar-refractivity contribution >= 4 is 5.97 Å². The van der Waals surface area contributed by atoms with Crippen LogP contribution in [0.4, 0.5) is 0 Å². The monoisotopic (exact) mass is 679 g/mol. The topological polar surface area (TPSA) is 26.3 Å². The number of rotatable bonds is 17. The second-order valence-corrected chi connectivity index (χ2v) is 20.5. The molecule has 0 heterocycles. The molecular weight excluding hydrogens is 597 g/mol. The average molecular weight is 679 g/mol. The minimum Gasteiger partial charge on any atom is -0.462 e. The van der Waals surface area contributed by atoms with Crippen LogP contribution < -0.4 is 0 Å². The third-order valence-corrected chi connectivity index (χ3v) is 17.4. The van der Waals surface area contributed by atoms with Gasteiger partial charge in [-0.25, -0.2) is 0 Å². The van der Waals surface area contributed by atoms with Crippen LogP contribution in [-0.2, 0) is 9.53 Å². The van der Waals surface area contributed by atoms with Crippen LogP contribution in [0.2, 0.25) is 0 Å². The molecule has 10 unspecified atom stereocenters. The number of ether oxygens (including phenoxy) is 1. The van der Waals surface area contributed by atoms with Crippen molar-refractivity contribution in [1.29, 1.82) is 0 Å². The summed E-state index contributed by atoms with van der Waals surface area (Å²) in [6.07, 6.45) is 32.9. The number of esters is 1. The van der Waals surface area contributed by atoms with Gasteiger partial charge in [0, 0.05) is 11.8 Å². The number of allylic oxidation sites excluding steroid dienone is 1. The molecule has 0 aromatic carbocycles. The quantitative estimate of drug-likeness (QED) is 0.0869. The number of hydrogen-bond donors (Lipinski definition) is 0. The highest BCUT2D eigenvalue weighted by atomic mass is 16.5. The molecule has 0 aliphatic heterocycles. The zero-order valence-electron chi connectivity index (χ0n) is 34.2. The summed E-state index contributed by atoms with van der Waals surface area (Å²) in [5, 5.41) is 0. The Morgan fingerprint density at radius 2 is 1.22 bits per heavy atom. The van der Waals surface area contributed by atoms with Gasteiger partial charge in [-0.2, -0.15) is 0 Å². The van der Waals surface area contributed by atoms with Gasteiger partial charge in [0.2, 0.25) is 0 Å². The van der Waals surface area contributed by atoms with Crippen LogP contribution in [0.25, 0.3) is 0 Å². The normalized spacial score (nSPS) is 40.9. The highest BCUT2D eigenvalue weighted by molar-refractivity contribution is 5.69. The summed E-state index contributed by atoms with van der Waals surface area (Å²) in [4.78, 5) is 13.2. The second kappa shape index (κ2) is 16.1. The summed E-state index contributed by atoms with van der Waals surface area (Å²) in [5.41, 5.74) is 3.19. The Bertz CT molecular complexity index is 1110. The molecule has 0 aromatic rings. The van der Waals surface area contributed by atoms with Gasteiger partial charge in [-0.15, -0.1) is 0 Å². The smallest absolute Gasteiger partial charge is 0.306 e. The van der Waals surface area contributed by atoms with Gasteiger partial charge in [0.1, 0.15) is 6.10 Å². The van der Waals surface area contributed by atoms with Crippen molar-refractivity contribution in [1.82, 2.24) is 0 Å². The Morgan fingerprint density at radius 3 is 1.82 bits per heavy atom. The summed E-state index contributed by atoms with van der Waals surface area (Å²) in [5.74, 6) is 3.89. The largest absolute Gasteiger partial charge is 0.462 e. The Morgan fingerprint density at radius 1 is 0.633 bits per heavy atom. The molecule has 2 heteroatoms. The number of fused-ring (bicyclic) bond motifs is 7. The first kappa shape index (κ1) is 39.4. The van der Waals surface area contributed by atoms with E-state index in [2.05, 4.69) is 62.0 Å². The van der Waals surface area contributed by atoms with Crippen LogP contribution in [0.1, 0.15) is 216 Å². The first-order valence-corrected chi connectivity index (χ1v) is 22.1. The molecule has 5 saturated carbocycles. The van der Waals surface area contributed by atoms with Gasteiger partial charge in [-0.1, -0.05) is 144 Å². The Hall–Kier alpha value is -0.790. The zero-order chi connectivity index (χ0) is 35.5. The van der Waals surface area contributed by atoms with E-state index in [0.29, 0.717) is 34.0 Å². The summed E-state index contributed by atoms with van der Waals surface area (Å²) < 4.78 is 6.43. The van der Waals surface area contributed by atoms with Gasteiger partial charge in [0.25, 0.3) is 0 Å². The van der Waals surface area contributed by atoms with Crippen LogP contribution in [0.3, 0.4) is 0 Å². The molecule has 0 radical (unpaired) electrons. The van der Waals surface area contributed by atoms with Crippen molar-refractivity contribution in [3.8, 4) is 0 Å². The molecule has 5 fully saturated rings. The molecule has 10 atom stereocenters. The van der Waals surface area contributed by atoms with Crippen molar-refractivity contribution in [2.24, 2.45) is 56.7 Å². The van der Waals surface area contributed by atoms with E-state index in [0.717, 1.165) is 36.5 Å². The summed E-state index contributed by atoms with van der Waals surface area (Å²) in [6, 6.07) is 0.